The average molecular weight is 411 g/mol. The Kier molecular flexibility index (Phi) is 4.75. The van der Waals surface area contributed by atoms with Gasteiger partial charge in [0.15, 0.2) is 0 Å². The summed E-state index contributed by atoms with van der Waals surface area (Å²) in [5.41, 5.74) is 0. The van der Waals surface area contributed by atoms with E-state index in [4.69, 9.17) is 0 Å². The van der Waals surface area contributed by atoms with Crippen molar-refractivity contribution >= 4 is 41.9 Å². The van der Waals surface area contributed by atoms with Crippen LogP contribution in [0.25, 0.3) is 0 Å². The van der Waals surface area contributed by atoms with Gasteiger partial charge in [-0.2, -0.15) is 4.31 Å². The van der Waals surface area contributed by atoms with Crippen LogP contribution in [-0.2, 0) is 10.0 Å². The number of rotatable bonds is 2. The molecule has 0 radical (unpaired) electrons. The van der Waals surface area contributed by atoms with E-state index >= 15 is 0 Å². The van der Waals surface area contributed by atoms with Gasteiger partial charge in [-0.05, 0) is 60.8 Å². The van der Waals surface area contributed by atoms with Gasteiger partial charge in [0.1, 0.15) is 0 Å². The summed E-state index contributed by atoms with van der Waals surface area (Å²) in [6, 6.07) is 5.30. The molecule has 1 heterocycles. The lowest BCUT2D eigenvalue weighted by Gasteiger charge is -2.37. The number of piperidine rings is 1. The Morgan fingerprint density at radius 1 is 1.16 bits per heavy atom. The van der Waals surface area contributed by atoms with Gasteiger partial charge < -0.3 is 0 Å². The number of hydrogen-bond acceptors (Lipinski definition) is 2. The minimum Gasteiger partial charge on any atom is -0.207 e. The van der Waals surface area contributed by atoms with E-state index in [1.165, 1.54) is 0 Å². The van der Waals surface area contributed by atoms with Crippen molar-refractivity contribution in [2.75, 3.05) is 0 Å². The van der Waals surface area contributed by atoms with Crippen molar-refractivity contribution in [1.29, 1.82) is 0 Å². The molecule has 1 aliphatic rings. The summed E-state index contributed by atoms with van der Waals surface area (Å²) in [6.45, 7) is 3.97. The highest BCUT2D eigenvalue weighted by Gasteiger charge is 2.36. The predicted octanol–water partition coefficient (Wildman–Crippen LogP) is 4.16. The highest BCUT2D eigenvalue weighted by Crippen LogP contribution is 2.33. The van der Waals surface area contributed by atoms with Crippen LogP contribution in [0.4, 0.5) is 0 Å². The van der Waals surface area contributed by atoms with Gasteiger partial charge in [-0.3, -0.25) is 0 Å². The minimum atomic E-state index is -3.44. The first kappa shape index (κ1) is 15.5. The number of benzene rings is 1. The van der Waals surface area contributed by atoms with Crippen molar-refractivity contribution in [3.8, 4) is 0 Å². The van der Waals surface area contributed by atoms with Crippen LogP contribution in [0.15, 0.2) is 32.0 Å². The number of hydrogen-bond donors (Lipinski definition) is 0. The molecule has 2 unspecified atom stereocenters. The van der Waals surface area contributed by atoms with E-state index in [9.17, 15) is 8.42 Å². The minimum absolute atomic E-state index is 0.0595. The van der Waals surface area contributed by atoms with Crippen LogP contribution in [0.3, 0.4) is 0 Å². The molecule has 0 spiro atoms. The zero-order valence-electron chi connectivity index (χ0n) is 10.9. The molecule has 106 valence electrons. The average Bonchev–Trinajstić information content (AvgIpc) is 2.27. The van der Waals surface area contributed by atoms with Crippen LogP contribution in [0.5, 0.6) is 0 Å². The Bertz CT molecular complexity index is 564. The first-order valence-corrected chi connectivity index (χ1v) is 9.35. The maximum atomic E-state index is 12.8. The zero-order chi connectivity index (χ0) is 14.2. The smallest absolute Gasteiger partial charge is 0.207 e. The maximum absolute atomic E-state index is 12.8. The summed E-state index contributed by atoms with van der Waals surface area (Å²) in [5, 5.41) is 0. The molecule has 1 aliphatic heterocycles. The van der Waals surface area contributed by atoms with E-state index in [0.29, 0.717) is 9.37 Å². The molecule has 0 N–H and O–H groups in total. The molecule has 0 saturated carbocycles. The highest BCUT2D eigenvalue weighted by atomic mass is 79.9. The van der Waals surface area contributed by atoms with Gasteiger partial charge in [-0.25, -0.2) is 8.42 Å². The largest absolute Gasteiger partial charge is 0.244 e. The lowest BCUT2D eigenvalue weighted by atomic mass is 10.0. The molecule has 1 fully saturated rings. The van der Waals surface area contributed by atoms with Gasteiger partial charge in [-0.1, -0.05) is 22.4 Å². The first-order chi connectivity index (χ1) is 8.84. The molecule has 0 bridgehead atoms. The topological polar surface area (TPSA) is 37.4 Å². The van der Waals surface area contributed by atoms with E-state index in [1.54, 1.807) is 22.5 Å². The lowest BCUT2D eigenvalue weighted by Crippen LogP contribution is -2.47. The summed E-state index contributed by atoms with van der Waals surface area (Å²) in [7, 11) is -3.44. The molecule has 2 rings (SSSR count). The van der Waals surface area contributed by atoms with E-state index < -0.39 is 10.0 Å². The second-order valence-electron chi connectivity index (χ2n) is 5.04. The molecule has 0 aromatic heterocycles. The molecule has 3 nitrogen and oxygen atoms in total. The van der Waals surface area contributed by atoms with Crippen molar-refractivity contribution in [2.45, 2.75) is 50.1 Å². The van der Waals surface area contributed by atoms with Gasteiger partial charge in [0.2, 0.25) is 10.0 Å². The van der Waals surface area contributed by atoms with Crippen molar-refractivity contribution in [3.05, 3.63) is 27.1 Å². The Hall–Kier alpha value is 0.0900. The van der Waals surface area contributed by atoms with Crippen LogP contribution in [0, 0.1) is 0 Å². The third-order valence-electron chi connectivity index (χ3n) is 3.56. The van der Waals surface area contributed by atoms with E-state index in [-0.39, 0.29) is 12.1 Å². The van der Waals surface area contributed by atoms with E-state index in [1.807, 2.05) is 13.8 Å². The first-order valence-electron chi connectivity index (χ1n) is 6.32. The van der Waals surface area contributed by atoms with Crippen LogP contribution in [0.2, 0.25) is 0 Å². The van der Waals surface area contributed by atoms with Gasteiger partial charge in [0.25, 0.3) is 0 Å². The van der Waals surface area contributed by atoms with Crippen LogP contribution in [-0.4, -0.2) is 24.8 Å². The predicted molar refractivity (Wildman–Crippen MR) is 83.6 cm³/mol. The quantitative estimate of drug-likeness (QED) is 0.733. The normalized spacial score (nSPS) is 25.5. The van der Waals surface area contributed by atoms with Gasteiger partial charge in [-0.15, -0.1) is 0 Å². The summed E-state index contributed by atoms with van der Waals surface area (Å²) < 4.78 is 28.8. The zero-order valence-corrected chi connectivity index (χ0v) is 14.9. The van der Waals surface area contributed by atoms with Crippen molar-refractivity contribution in [1.82, 2.24) is 4.31 Å². The van der Waals surface area contributed by atoms with Gasteiger partial charge in [0.05, 0.1) is 4.90 Å². The molecule has 19 heavy (non-hydrogen) atoms. The molecule has 0 aliphatic carbocycles. The SMILES string of the molecule is CC1CCCC(C)N1S(=O)(=O)c1ccc(Br)cc1Br. The molecule has 1 aromatic rings. The molecule has 1 aromatic carbocycles. The van der Waals surface area contributed by atoms with Gasteiger partial charge >= 0.3 is 0 Å². The Labute approximate surface area is 131 Å². The van der Waals surface area contributed by atoms with Crippen molar-refractivity contribution in [3.63, 3.8) is 0 Å². The Balaban J connectivity index is 2.46. The van der Waals surface area contributed by atoms with E-state index in [0.717, 1.165) is 23.7 Å². The molecular formula is C13H17Br2NO2S. The summed E-state index contributed by atoms with van der Waals surface area (Å²) >= 11 is 6.70. The van der Waals surface area contributed by atoms with Crippen molar-refractivity contribution in [2.24, 2.45) is 0 Å². The van der Waals surface area contributed by atoms with Gasteiger partial charge in [0, 0.05) is 21.0 Å². The Morgan fingerprint density at radius 3 is 2.26 bits per heavy atom. The number of halogens is 2. The maximum Gasteiger partial charge on any atom is 0.244 e. The number of nitrogens with zero attached hydrogens (tertiary/aromatic N) is 1. The second kappa shape index (κ2) is 5.84. The summed E-state index contributed by atoms with van der Waals surface area (Å²) in [4.78, 5) is 0.344. The second-order valence-corrected chi connectivity index (χ2v) is 8.62. The number of sulfonamides is 1. The van der Waals surface area contributed by atoms with Crippen LogP contribution in [0.1, 0.15) is 33.1 Å². The highest BCUT2D eigenvalue weighted by molar-refractivity contribution is 9.11. The van der Waals surface area contributed by atoms with E-state index in [2.05, 4.69) is 31.9 Å². The standard InChI is InChI=1S/C13H17Br2NO2S/c1-9-4-3-5-10(2)16(9)19(17,18)13-7-6-11(14)8-12(13)15/h6-10H,3-5H2,1-2H3. The fraction of sp³-hybridized carbons (Fsp3) is 0.538. The molecule has 2 atom stereocenters. The molecule has 1 saturated heterocycles. The monoisotopic (exact) mass is 409 g/mol. The fourth-order valence-electron chi connectivity index (χ4n) is 2.67. The van der Waals surface area contributed by atoms with Crippen LogP contribution < -0.4 is 0 Å². The molecule has 6 heteroatoms. The Morgan fingerprint density at radius 2 is 1.74 bits per heavy atom. The molecular weight excluding hydrogens is 394 g/mol. The third-order valence-corrected chi connectivity index (χ3v) is 7.16. The van der Waals surface area contributed by atoms with Crippen molar-refractivity contribution < 1.29 is 8.42 Å². The molecule has 0 amide bonds. The lowest BCUT2D eigenvalue weighted by molar-refractivity contribution is 0.204. The summed E-state index contributed by atoms with van der Waals surface area (Å²) in [5.74, 6) is 0. The van der Waals surface area contributed by atoms with Crippen LogP contribution >= 0.6 is 31.9 Å². The fourth-order valence-corrected chi connectivity index (χ4v) is 6.26. The summed E-state index contributed by atoms with van der Waals surface area (Å²) in [6.07, 6.45) is 2.95. The third kappa shape index (κ3) is 3.06.